The zero-order valence-corrected chi connectivity index (χ0v) is 16.3. The van der Waals surface area contributed by atoms with Gasteiger partial charge in [-0.2, -0.15) is 0 Å². The number of nitrogens with one attached hydrogen (secondary N) is 2. The van der Waals surface area contributed by atoms with Crippen molar-refractivity contribution in [2.24, 2.45) is 0 Å². The molecule has 0 fully saturated rings. The largest absolute Gasteiger partial charge is 0.372 e. The van der Waals surface area contributed by atoms with Crippen LogP contribution in [0.2, 0.25) is 0 Å². The molecule has 0 aliphatic heterocycles. The smallest absolute Gasteiger partial charge is 0.234 e. The molecule has 0 bridgehead atoms. The van der Waals surface area contributed by atoms with Crippen LogP contribution in [0.3, 0.4) is 0 Å². The van der Waals surface area contributed by atoms with E-state index in [1.54, 1.807) is 0 Å². The van der Waals surface area contributed by atoms with Gasteiger partial charge in [0.05, 0.1) is 11.5 Å². The maximum atomic E-state index is 12.8. The zero-order chi connectivity index (χ0) is 19.6. The average molecular weight is 389 g/mol. The van der Waals surface area contributed by atoms with Crippen LogP contribution in [0.5, 0.6) is 0 Å². The summed E-state index contributed by atoms with van der Waals surface area (Å²) in [5.41, 5.74) is 2.37. The van der Waals surface area contributed by atoms with E-state index in [0.717, 1.165) is 24.5 Å². The number of carbonyl (C=O) groups is 2. The Bertz CT molecular complexity index is 747. The molecule has 2 aromatic carbocycles. The SMILES string of the molecule is CCN(CC)c1ccc(NC(=O)CSCC(=O)Nc2ccc(F)cc2)cc1. The molecule has 0 heterocycles. The standard InChI is InChI=1S/C20H24FN3O2S/c1-3-24(4-2)18-11-9-17(10-12-18)23-20(26)14-27-13-19(25)22-16-7-5-15(21)6-8-16/h5-12H,3-4,13-14H2,1-2H3,(H,22,25)(H,23,26). The van der Waals surface area contributed by atoms with Gasteiger partial charge in [0.1, 0.15) is 5.82 Å². The van der Waals surface area contributed by atoms with E-state index in [0.29, 0.717) is 5.69 Å². The van der Waals surface area contributed by atoms with E-state index in [1.807, 2.05) is 24.3 Å². The molecule has 0 saturated heterocycles. The molecular weight excluding hydrogens is 365 g/mol. The van der Waals surface area contributed by atoms with Gasteiger partial charge in [0.2, 0.25) is 11.8 Å². The fraction of sp³-hybridized carbons (Fsp3) is 0.300. The summed E-state index contributed by atoms with van der Waals surface area (Å²) in [5, 5.41) is 5.48. The van der Waals surface area contributed by atoms with E-state index in [2.05, 4.69) is 29.4 Å². The summed E-state index contributed by atoms with van der Waals surface area (Å²) in [6.07, 6.45) is 0. The van der Waals surface area contributed by atoms with Crippen molar-refractivity contribution in [2.75, 3.05) is 40.1 Å². The second-order valence-electron chi connectivity index (χ2n) is 5.82. The number of nitrogens with zero attached hydrogens (tertiary/aromatic N) is 1. The Balaban J connectivity index is 1.72. The number of halogens is 1. The molecule has 0 aliphatic carbocycles. The number of carbonyl (C=O) groups excluding carboxylic acids is 2. The molecule has 2 amide bonds. The predicted molar refractivity (Wildman–Crippen MR) is 111 cm³/mol. The molecule has 27 heavy (non-hydrogen) atoms. The van der Waals surface area contributed by atoms with E-state index in [1.165, 1.54) is 36.0 Å². The first-order chi connectivity index (χ1) is 13.0. The molecule has 0 unspecified atom stereocenters. The minimum absolute atomic E-state index is 0.145. The fourth-order valence-electron chi connectivity index (χ4n) is 2.51. The lowest BCUT2D eigenvalue weighted by atomic mass is 10.2. The summed E-state index contributed by atoms with van der Waals surface area (Å²) in [6, 6.07) is 13.2. The van der Waals surface area contributed by atoms with Gasteiger partial charge in [-0.05, 0) is 62.4 Å². The maximum absolute atomic E-state index is 12.8. The third kappa shape index (κ3) is 6.94. The Morgan fingerprint density at radius 3 is 1.74 bits per heavy atom. The van der Waals surface area contributed by atoms with Crippen molar-refractivity contribution in [3.8, 4) is 0 Å². The molecular formula is C20H24FN3O2S. The van der Waals surface area contributed by atoms with Crippen LogP contribution in [-0.4, -0.2) is 36.4 Å². The van der Waals surface area contributed by atoms with Crippen molar-refractivity contribution < 1.29 is 14.0 Å². The average Bonchev–Trinajstić information content (AvgIpc) is 2.66. The maximum Gasteiger partial charge on any atom is 0.234 e. The summed E-state index contributed by atoms with van der Waals surface area (Å²) in [5.74, 6) is -0.433. The molecule has 144 valence electrons. The summed E-state index contributed by atoms with van der Waals surface area (Å²) in [7, 11) is 0. The number of amides is 2. The highest BCUT2D eigenvalue weighted by Gasteiger charge is 2.08. The summed E-state index contributed by atoms with van der Waals surface area (Å²) in [4.78, 5) is 26.1. The van der Waals surface area contributed by atoms with Crippen LogP contribution in [-0.2, 0) is 9.59 Å². The normalized spacial score (nSPS) is 10.3. The van der Waals surface area contributed by atoms with E-state index < -0.39 is 0 Å². The number of thioether (sulfide) groups is 1. The molecule has 0 atom stereocenters. The molecule has 5 nitrogen and oxygen atoms in total. The van der Waals surface area contributed by atoms with E-state index in [-0.39, 0.29) is 29.1 Å². The van der Waals surface area contributed by atoms with Crippen LogP contribution in [0.1, 0.15) is 13.8 Å². The van der Waals surface area contributed by atoms with Crippen molar-refractivity contribution >= 4 is 40.6 Å². The number of rotatable bonds is 9. The van der Waals surface area contributed by atoms with E-state index in [9.17, 15) is 14.0 Å². The lowest BCUT2D eigenvalue weighted by molar-refractivity contribution is -0.114. The number of benzene rings is 2. The van der Waals surface area contributed by atoms with Gasteiger partial charge < -0.3 is 15.5 Å². The van der Waals surface area contributed by atoms with Gasteiger partial charge in [-0.15, -0.1) is 11.8 Å². The second-order valence-corrected chi connectivity index (χ2v) is 6.80. The topological polar surface area (TPSA) is 61.4 Å². The fourth-order valence-corrected chi connectivity index (χ4v) is 3.13. The van der Waals surface area contributed by atoms with Crippen LogP contribution in [0.4, 0.5) is 21.5 Å². The Labute approximate surface area is 163 Å². The Kier molecular flexibility index (Phi) is 8.13. The molecule has 7 heteroatoms. The minimum Gasteiger partial charge on any atom is -0.372 e. The van der Waals surface area contributed by atoms with Gasteiger partial charge in [-0.25, -0.2) is 4.39 Å². The van der Waals surface area contributed by atoms with E-state index >= 15 is 0 Å². The number of anilines is 3. The highest BCUT2D eigenvalue weighted by atomic mass is 32.2. The van der Waals surface area contributed by atoms with Crippen molar-refractivity contribution in [1.29, 1.82) is 0 Å². The van der Waals surface area contributed by atoms with Crippen LogP contribution in [0.25, 0.3) is 0 Å². The molecule has 0 aliphatic rings. The van der Waals surface area contributed by atoms with Gasteiger partial charge in [0, 0.05) is 30.2 Å². The highest BCUT2D eigenvalue weighted by Crippen LogP contribution is 2.18. The van der Waals surface area contributed by atoms with Gasteiger partial charge >= 0.3 is 0 Å². The third-order valence-electron chi connectivity index (χ3n) is 3.87. The van der Waals surface area contributed by atoms with Gasteiger partial charge in [-0.1, -0.05) is 0 Å². The molecule has 2 N–H and O–H groups in total. The number of hydrogen-bond acceptors (Lipinski definition) is 4. The molecule has 0 aromatic heterocycles. The first kappa shape index (κ1) is 20.8. The summed E-state index contributed by atoms with van der Waals surface area (Å²) < 4.78 is 12.8. The summed E-state index contributed by atoms with van der Waals surface area (Å²) in [6.45, 7) is 6.06. The molecule has 0 spiro atoms. The van der Waals surface area contributed by atoms with Crippen LogP contribution >= 0.6 is 11.8 Å². The zero-order valence-electron chi connectivity index (χ0n) is 15.5. The Hall–Kier alpha value is -2.54. The molecule has 2 aromatic rings. The Morgan fingerprint density at radius 1 is 0.852 bits per heavy atom. The highest BCUT2D eigenvalue weighted by molar-refractivity contribution is 8.00. The van der Waals surface area contributed by atoms with Crippen LogP contribution < -0.4 is 15.5 Å². The minimum atomic E-state index is -0.357. The van der Waals surface area contributed by atoms with Crippen molar-refractivity contribution in [3.63, 3.8) is 0 Å². The quantitative estimate of drug-likeness (QED) is 0.681. The third-order valence-corrected chi connectivity index (χ3v) is 4.81. The monoisotopic (exact) mass is 389 g/mol. The predicted octanol–water partition coefficient (Wildman–Crippen LogP) is 3.98. The van der Waals surface area contributed by atoms with Crippen molar-refractivity contribution in [1.82, 2.24) is 0 Å². The second kappa shape index (κ2) is 10.6. The van der Waals surface area contributed by atoms with Crippen LogP contribution in [0.15, 0.2) is 48.5 Å². The van der Waals surface area contributed by atoms with Crippen molar-refractivity contribution in [2.45, 2.75) is 13.8 Å². The number of hydrogen-bond donors (Lipinski definition) is 2. The van der Waals surface area contributed by atoms with Crippen LogP contribution in [0, 0.1) is 5.82 Å². The van der Waals surface area contributed by atoms with Crippen molar-refractivity contribution in [3.05, 3.63) is 54.3 Å². The van der Waals surface area contributed by atoms with Gasteiger partial charge in [0.25, 0.3) is 0 Å². The van der Waals surface area contributed by atoms with E-state index in [4.69, 9.17) is 0 Å². The van der Waals surface area contributed by atoms with Gasteiger partial charge in [0.15, 0.2) is 0 Å². The Morgan fingerprint density at radius 2 is 1.30 bits per heavy atom. The first-order valence-electron chi connectivity index (χ1n) is 8.79. The lowest BCUT2D eigenvalue weighted by Crippen LogP contribution is -2.21. The molecule has 0 saturated carbocycles. The summed E-state index contributed by atoms with van der Waals surface area (Å²) >= 11 is 1.22. The molecule has 2 rings (SSSR count). The lowest BCUT2D eigenvalue weighted by Gasteiger charge is -2.21. The first-order valence-corrected chi connectivity index (χ1v) is 9.95. The molecule has 0 radical (unpaired) electrons. The van der Waals surface area contributed by atoms with Gasteiger partial charge in [-0.3, -0.25) is 9.59 Å².